The van der Waals surface area contributed by atoms with Gasteiger partial charge >= 0.3 is 0 Å². The second-order valence-corrected chi connectivity index (χ2v) is 15.7. The second kappa shape index (κ2) is 13.0. The highest BCUT2D eigenvalue weighted by atomic mass is 16.3. The Balaban J connectivity index is 1.19. The van der Waals surface area contributed by atoms with Gasteiger partial charge < -0.3 is 9.32 Å². The molecule has 11 rings (SSSR count). The van der Waals surface area contributed by atoms with E-state index >= 15 is 0 Å². The zero-order valence-electron chi connectivity index (χ0n) is 31.9. The van der Waals surface area contributed by atoms with Crippen molar-refractivity contribution >= 4 is 49.8 Å². The average Bonchev–Trinajstić information content (AvgIpc) is 3.75. The molecule has 2 nitrogen and oxygen atoms in total. The van der Waals surface area contributed by atoms with Crippen molar-refractivity contribution in [1.29, 1.82) is 0 Å². The van der Waals surface area contributed by atoms with E-state index in [4.69, 9.17) is 4.42 Å². The third-order valence-corrected chi connectivity index (χ3v) is 12.1. The van der Waals surface area contributed by atoms with E-state index in [-0.39, 0.29) is 5.41 Å². The topological polar surface area (TPSA) is 16.4 Å². The Kier molecular flexibility index (Phi) is 7.55. The normalized spacial score (nSPS) is 12.9. The summed E-state index contributed by atoms with van der Waals surface area (Å²) in [5.41, 5.74) is 17.2. The maximum Gasteiger partial charge on any atom is 0.136 e. The van der Waals surface area contributed by atoms with Crippen LogP contribution in [-0.4, -0.2) is 0 Å². The number of hydrogen-bond donors (Lipinski definition) is 0. The quantitative estimate of drug-likeness (QED) is 0.169. The Morgan fingerprint density at radius 3 is 1.77 bits per heavy atom. The van der Waals surface area contributed by atoms with Crippen LogP contribution >= 0.6 is 0 Å². The minimum atomic E-state index is -0.193. The molecule has 0 saturated heterocycles. The van der Waals surface area contributed by atoms with Crippen LogP contribution in [0.15, 0.2) is 205 Å². The van der Waals surface area contributed by atoms with Gasteiger partial charge in [0.15, 0.2) is 0 Å². The molecule has 0 N–H and O–H groups in total. The zero-order valence-corrected chi connectivity index (χ0v) is 31.9. The van der Waals surface area contributed by atoms with Gasteiger partial charge in [-0.05, 0) is 115 Å². The predicted octanol–water partition coefficient (Wildman–Crippen LogP) is 15.5. The van der Waals surface area contributed by atoms with Crippen molar-refractivity contribution in [2.75, 3.05) is 4.90 Å². The second-order valence-electron chi connectivity index (χ2n) is 15.7. The van der Waals surface area contributed by atoms with Crippen LogP contribution in [0.3, 0.4) is 0 Å². The van der Waals surface area contributed by atoms with E-state index in [1.165, 1.54) is 55.3 Å². The van der Waals surface area contributed by atoms with Crippen LogP contribution in [0.25, 0.3) is 77.2 Å². The molecule has 0 aliphatic heterocycles. The highest BCUT2D eigenvalue weighted by Crippen LogP contribution is 2.54. The minimum absolute atomic E-state index is 0.193. The maximum atomic E-state index is 6.61. The number of fused-ring (bicyclic) bond motifs is 7. The molecule has 0 fully saturated rings. The minimum Gasteiger partial charge on any atom is -0.456 e. The van der Waals surface area contributed by atoms with Gasteiger partial charge in [-0.3, -0.25) is 0 Å². The van der Waals surface area contributed by atoms with Gasteiger partial charge in [-0.1, -0.05) is 159 Å². The van der Waals surface area contributed by atoms with Crippen LogP contribution in [0.1, 0.15) is 25.0 Å². The molecule has 0 saturated carbocycles. The molecule has 270 valence electrons. The Bertz CT molecular complexity index is 3140. The maximum absolute atomic E-state index is 6.61. The van der Waals surface area contributed by atoms with Crippen molar-refractivity contribution in [3.05, 3.63) is 211 Å². The third kappa shape index (κ3) is 5.33. The smallest absolute Gasteiger partial charge is 0.136 e. The Labute approximate surface area is 332 Å². The summed E-state index contributed by atoms with van der Waals surface area (Å²) in [6.45, 7) is 4.75. The monoisotopic (exact) mass is 729 g/mol. The molecule has 0 radical (unpaired) electrons. The molecule has 0 unspecified atom stereocenters. The molecule has 1 aliphatic rings. The lowest BCUT2D eigenvalue weighted by molar-refractivity contribution is 0.661. The van der Waals surface area contributed by atoms with Crippen LogP contribution in [0.5, 0.6) is 0 Å². The van der Waals surface area contributed by atoms with E-state index in [1.807, 2.05) is 0 Å². The van der Waals surface area contributed by atoms with Gasteiger partial charge in [0.25, 0.3) is 0 Å². The molecular weight excluding hydrogens is 691 g/mol. The van der Waals surface area contributed by atoms with Gasteiger partial charge in [0.05, 0.1) is 5.69 Å². The predicted molar refractivity (Wildman–Crippen MR) is 240 cm³/mol. The fourth-order valence-corrected chi connectivity index (χ4v) is 9.24. The standard InChI is InChI=1S/C55H39NO/c1-55(2)48-34-40-20-10-9-19-39(40)33-47(48)44-30-29-42(35-49(44)55)56(41-27-25-37(26-28-41)36-15-5-3-6-16-36)50-31-32-52-54(46-23-13-14-24-51(46)57-52)53(50)45-22-12-11-21-43(45)38-17-7-4-8-18-38/h3-35H,1-2H3. The van der Waals surface area contributed by atoms with E-state index in [2.05, 4.69) is 219 Å². The number of nitrogens with zero attached hydrogens (tertiary/aromatic N) is 1. The summed E-state index contributed by atoms with van der Waals surface area (Å²) >= 11 is 0. The number of hydrogen-bond acceptors (Lipinski definition) is 2. The summed E-state index contributed by atoms with van der Waals surface area (Å²) in [7, 11) is 0. The van der Waals surface area contributed by atoms with Gasteiger partial charge in [0.1, 0.15) is 11.2 Å². The van der Waals surface area contributed by atoms with Gasteiger partial charge in [-0.25, -0.2) is 0 Å². The first kappa shape index (κ1) is 33.2. The van der Waals surface area contributed by atoms with E-state index in [1.54, 1.807) is 0 Å². The summed E-state index contributed by atoms with van der Waals surface area (Å²) in [4.78, 5) is 2.46. The molecule has 0 spiro atoms. The number of furan rings is 1. The SMILES string of the molecule is CC1(C)c2cc(N(c3ccc(-c4ccccc4)cc3)c3ccc4oc5ccccc5c4c3-c3ccccc3-c3ccccc3)ccc2-c2cc3ccccc3cc21. The lowest BCUT2D eigenvalue weighted by Gasteiger charge is -2.30. The molecule has 1 heterocycles. The summed E-state index contributed by atoms with van der Waals surface area (Å²) in [5, 5.41) is 4.76. The summed E-state index contributed by atoms with van der Waals surface area (Å²) < 4.78 is 6.61. The molecule has 2 heteroatoms. The van der Waals surface area contributed by atoms with Gasteiger partial charge in [-0.2, -0.15) is 0 Å². The van der Waals surface area contributed by atoms with Crippen molar-refractivity contribution in [3.63, 3.8) is 0 Å². The Morgan fingerprint density at radius 1 is 0.404 bits per heavy atom. The van der Waals surface area contributed by atoms with Crippen molar-refractivity contribution in [2.45, 2.75) is 19.3 Å². The van der Waals surface area contributed by atoms with Crippen molar-refractivity contribution < 1.29 is 4.42 Å². The summed E-state index contributed by atoms with van der Waals surface area (Å²) in [6.07, 6.45) is 0. The fourth-order valence-electron chi connectivity index (χ4n) is 9.24. The van der Waals surface area contributed by atoms with E-state index in [0.717, 1.165) is 50.1 Å². The first-order valence-electron chi connectivity index (χ1n) is 19.8. The van der Waals surface area contributed by atoms with Gasteiger partial charge in [0.2, 0.25) is 0 Å². The van der Waals surface area contributed by atoms with Crippen LogP contribution in [0.2, 0.25) is 0 Å². The lowest BCUT2D eigenvalue weighted by atomic mass is 9.81. The lowest BCUT2D eigenvalue weighted by Crippen LogP contribution is -2.17. The summed E-state index contributed by atoms with van der Waals surface area (Å²) in [5.74, 6) is 0. The number of benzene rings is 9. The zero-order chi connectivity index (χ0) is 38.1. The first-order chi connectivity index (χ1) is 28.0. The summed E-state index contributed by atoms with van der Waals surface area (Å²) in [6, 6.07) is 72.7. The molecule has 1 aromatic heterocycles. The molecule has 0 amide bonds. The van der Waals surface area contributed by atoms with E-state index in [9.17, 15) is 0 Å². The van der Waals surface area contributed by atoms with Crippen molar-refractivity contribution in [1.82, 2.24) is 0 Å². The van der Waals surface area contributed by atoms with E-state index in [0.29, 0.717) is 0 Å². The van der Waals surface area contributed by atoms with Crippen molar-refractivity contribution in [3.8, 4) is 44.5 Å². The highest BCUT2D eigenvalue weighted by Gasteiger charge is 2.37. The Morgan fingerprint density at radius 2 is 1.00 bits per heavy atom. The number of anilines is 3. The van der Waals surface area contributed by atoms with Crippen molar-refractivity contribution in [2.24, 2.45) is 0 Å². The average molecular weight is 730 g/mol. The fraction of sp³-hybridized carbons (Fsp3) is 0.0545. The molecule has 1 aliphatic carbocycles. The molecule has 10 aromatic rings. The van der Waals surface area contributed by atoms with Crippen LogP contribution < -0.4 is 4.90 Å². The number of rotatable bonds is 6. The van der Waals surface area contributed by atoms with Crippen LogP contribution in [0, 0.1) is 0 Å². The molecule has 57 heavy (non-hydrogen) atoms. The third-order valence-electron chi connectivity index (χ3n) is 12.1. The molecular formula is C55H39NO. The van der Waals surface area contributed by atoms with Gasteiger partial charge in [0, 0.05) is 33.1 Å². The van der Waals surface area contributed by atoms with Crippen LogP contribution in [-0.2, 0) is 5.41 Å². The molecule has 9 aromatic carbocycles. The molecule has 0 atom stereocenters. The van der Waals surface area contributed by atoms with E-state index < -0.39 is 0 Å². The highest BCUT2D eigenvalue weighted by molar-refractivity contribution is 6.17. The largest absolute Gasteiger partial charge is 0.456 e. The first-order valence-corrected chi connectivity index (χ1v) is 19.8. The number of para-hydroxylation sites is 1. The molecule has 0 bridgehead atoms. The van der Waals surface area contributed by atoms with Gasteiger partial charge in [-0.15, -0.1) is 0 Å². The van der Waals surface area contributed by atoms with Crippen LogP contribution in [0.4, 0.5) is 17.1 Å². The Hall–Kier alpha value is -7.16.